The van der Waals surface area contributed by atoms with Gasteiger partial charge in [0.2, 0.25) is 0 Å². The molecule has 2 N–H and O–H groups in total. The Bertz CT molecular complexity index is 546. The van der Waals surface area contributed by atoms with Crippen molar-refractivity contribution in [1.29, 1.82) is 0 Å². The van der Waals surface area contributed by atoms with E-state index < -0.39 is 0 Å². The van der Waals surface area contributed by atoms with Crippen LogP contribution in [0.3, 0.4) is 0 Å². The zero-order valence-electron chi connectivity index (χ0n) is 8.13. The summed E-state index contributed by atoms with van der Waals surface area (Å²) < 4.78 is 13.1. The molecule has 74 valence electrons. The van der Waals surface area contributed by atoms with Crippen molar-refractivity contribution in [3.05, 3.63) is 53.3 Å². The van der Waals surface area contributed by atoms with Crippen LogP contribution in [-0.4, -0.2) is 0 Å². The molecule has 0 saturated carbocycles. The number of anilines is 1. The van der Waals surface area contributed by atoms with Crippen LogP contribution in [0, 0.1) is 5.82 Å². The predicted octanol–water partition coefficient (Wildman–Crippen LogP) is 2.98. The van der Waals surface area contributed by atoms with Gasteiger partial charge in [0, 0.05) is 5.69 Å². The van der Waals surface area contributed by atoms with Crippen molar-refractivity contribution in [2.75, 3.05) is 5.73 Å². The van der Waals surface area contributed by atoms with Gasteiger partial charge in [-0.15, -0.1) is 0 Å². The second kappa shape index (κ2) is 2.83. The molecule has 0 saturated heterocycles. The number of rotatable bonds is 0. The first-order valence-electron chi connectivity index (χ1n) is 4.91. The first-order valence-corrected chi connectivity index (χ1v) is 4.91. The van der Waals surface area contributed by atoms with Crippen LogP contribution in [0.4, 0.5) is 10.1 Å². The number of fused-ring (bicyclic) bond motifs is 3. The standard InChI is InChI=1S/C13H10FN/c14-10-2-1-8-5-9-6-11(15)3-4-12(9)13(8)7-10/h1-4,6-7H,5,15H2. The smallest absolute Gasteiger partial charge is 0.123 e. The van der Waals surface area contributed by atoms with E-state index in [-0.39, 0.29) is 5.82 Å². The Morgan fingerprint density at radius 3 is 2.67 bits per heavy atom. The molecule has 2 aromatic rings. The first kappa shape index (κ1) is 8.48. The topological polar surface area (TPSA) is 26.0 Å². The van der Waals surface area contributed by atoms with Crippen LogP contribution in [0.2, 0.25) is 0 Å². The highest BCUT2D eigenvalue weighted by atomic mass is 19.1. The van der Waals surface area contributed by atoms with Gasteiger partial charge in [-0.1, -0.05) is 12.1 Å². The molecule has 0 amide bonds. The molecule has 0 bridgehead atoms. The van der Waals surface area contributed by atoms with E-state index in [0.717, 1.165) is 23.2 Å². The molecule has 1 aliphatic carbocycles. The summed E-state index contributed by atoms with van der Waals surface area (Å²) in [5.41, 5.74) is 11.0. The number of hydrogen-bond acceptors (Lipinski definition) is 1. The fourth-order valence-electron chi connectivity index (χ4n) is 2.18. The quantitative estimate of drug-likeness (QED) is 0.553. The molecule has 1 aliphatic rings. The minimum Gasteiger partial charge on any atom is -0.399 e. The van der Waals surface area contributed by atoms with Crippen LogP contribution in [-0.2, 0) is 6.42 Å². The average molecular weight is 199 g/mol. The molecular formula is C13H10FN. The van der Waals surface area contributed by atoms with E-state index in [1.54, 1.807) is 6.07 Å². The van der Waals surface area contributed by atoms with Crippen LogP contribution < -0.4 is 5.73 Å². The highest BCUT2D eigenvalue weighted by Crippen LogP contribution is 2.37. The molecule has 0 atom stereocenters. The van der Waals surface area contributed by atoms with Crippen molar-refractivity contribution >= 4 is 5.69 Å². The normalized spacial score (nSPS) is 12.3. The van der Waals surface area contributed by atoms with E-state index in [1.807, 2.05) is 24.3 Å². The molecule has 15 heavy (non-hydrogen) atoms. The van der Waals surface area contributed by atoms with Crippen molar-refractivity contribution < 1.29 is 4.39 Å². The van der Waals surface area contributed by atoms with Crippen LogP contribution in [0.1, 0.15) is 11.1 Å². The van der Waals surface area contributed by atoms with Gasteiger partial charge in [-0.25, -0.2) is 4.39 Å². The lowest BCUT2D eigenvalue weighted by Gasteiger charge is -2.01. The van der Waals surface area contributed by atoms with E-state index in [0.29, 0.717) is 0 Å². The van der Waals surface area contributed by atoms with Gasteiger partial charge in [0.15, 0.2) is 0 Å². The third-order valence-electron chi connectivity index (χ3n) is 2.87. The summed E-state index contributed by atoms with van der Waals surface area (Å²) in [5, 5.41) is 0. The van der Waals surface area contributed by atoms with Crippen molar-refractivity contribution in [2.24, 2.45) is 0 Å². The lowest BCUT2D eigenvalue weighted by Crippen LogP contribution is -1.86. The summed E-state index contributed by atoms with van der Waals surface area (Å²) >= 11 is 0. The predicted molar refractivity (Wildman–Crippen MR) is 59.1 cm³/mol. The summed E-state index contributed by atoms with van der Waals surface area (Å²) in [6.07, 6.45) is 0.857. The third kappa shape index (κ3) is 1.22. The molecular weight excluding hydrogens is 189 g/mol. The van der Waals surface area contributed by atoms with Gasteiger partial charge in [0.05, 0.1) is 0 Å². The Balaban J connectivity index is 2.26. The molecule has 1 nitrogen and oxygen atoms in total. The largest absolute Gasteiger partial charge is 0.399 e. The summed E-state index contributed by atoms with van der Waals surface area (Å²) in [6.45, 7) is 0. The molecule has 0 fully saturated rings. The molecule has 2 aromatic carbocycles. The minimum absolute atomic E-state index is 0.182. The Labute approximate surface area is 87.4 Å². The van der Waals surface area contributed by atoms with Gasteiger partial charge >= 0.3 is 0 Å². The molecule has 0 heterocycles. The Kier molecular flexibility index (Phi) is 1.60. The maximum atomic E-state index is 13.1. The lowest BCUT2D eigenvalue weighted by atomic mass is 10.1. The van der Waals surface area contributed by atoms with E-state index in [2.05, 4.69) is 0 Å². The van der Waals surface area contributed by atoms with Gasteiger partial charge < -0.3 is 5.73 Å². The summed E-state index contributed by atoms with van der Waals surface area (Å²) in [5.74, 6) is -0.182. The number of hydrogen-bond donors (Lipinski definition) is 1. The van der Waals surface area contributed by atoms with Crippen LogP contribution in [0.5, 0.6) is 0 Å². The average Bonchev–Trinajstić information content (AvgIpc) is 2.54. The number of nitrogen functional groups attached to an aromatic ring is 1. The van der Waals surface area contributed by atoms with Crippen LogP contribution >= 0.6 is 0 Å². The zero-order chi connectivity index (χ0) is 10.4. The number of nitrogens with two attached hydrogens (primary N) is 1. The van der Waals surface area contributed by atoms with Crippen molar-refractivity contribution in [1.82, 2.24) is 0 Å². The van der Waals surface area contributed by atoms with E-state index in [1.165, 1.54) is 17.2 Å². The Morgan fingerprint density at radius 2 is 1.80 bits per heavy atom. The van der Waals surface area contributed by atoms with Gasteiger partial charge in [0.25, 0.3) is 0 Å². The monoisotopic (exact) mass is 199 g/mol. The third-order valence-corrected chi connectivity index (χ3v) is 2.87. The summed E-state index contributed by atoms with van der Waals surface area (Å²) in [4.78, 5) is 0. The molecule has 0 unspecified atom stereocenters. The molecule has 0 radical (unpaired) electrons. The van der Waals surface area contributed by atoms with Gasteiger partial charge in [0.1, 0.15) is 5.82 Å². The number of benzene rings is 2. The fourth-order valence-corrected chi connectivity index (χ4v) is 2.18. The highest BCUT2D eigenvalue weighted by Gasteiger charge is 2.18. The fraction of sp³-hybridized carbons (Fsp3) is 0.0769. The summed E-state index contributed by atoms with van der Waals surface area (Å²) in [7, 11) is 0. The molecule has 0 spiro atoms. The van der Waals surface area contributed by atoms with Crippen molar-refractivity contribution in [3.8, 4) is 11.1 Å². The van der Waals surface area contributed by atoms with E-state index in [4.69, 9.17) is 5.73 Å². The SMILES string of the molecule is Nc1ccc2c(c1)Cc1ccc(F)cc1-2. The Hall–Kier alpha value is -1.83. The molecule has 0 aliphatic heterocycles. The second-order valence-electron chi connectivity index (χ2n) is 3.89. The van der Waals surface area contributed by atoms with E-state index in [9.17, 15) is 4.39 Å². The van der Waals surface area contributed by atoms with E-state index >= 15 is 0 Å². The van der Waals surface area contributed by atoms with Crippen molar-refractivity contribution in [2.45, 2.75) is 6.42 Å². The minimum atomic E-state index is -0.182. The maximum absolute atomic E-state index is 13.1. The molecule has 3 rings (SSSR count). The van der Waals surface area contributed by atoms with Gasteiger partial charge in [-0.2, -0.15) is 0 Å². The number of halogens is 1. The highest BCUT2D eigenvalue weighted by molar-refractivity contribution is 5.78. The molecule has 0 aromatic heterocycles. The lowest BCUT2D eigenvalue weighted by molar-refractivity contribution is 0.628. The first-order chi connectivity index (χ1) is 7.24. The van der Waals surface area contributed by atoms with Crippen LogP contribution in [0.15, 0.2) is 36.4 Å². The maximum Gasteiger partial charge on any atom is 0.123 e. The van der Waals surface area contributed by atoms with Gasteiger partial charge in [-0.05, 0) is 52.9 Å². The van der Waals surface area contributed by atoms with Gasteiger partial charge in [-0.3, -0.25) is 0 Å². The Morgan fingerprint density at radius 1 is 0.933 bits per heavy atom. The second-order valence-corrected chi connectivity index (χ2v) is 3.89. The zero-order valence-corrected chi connectivity index (χ0v) is 8.13. The summed E-state index contributed by atoms with van der Waals surface area (Å²) in [6, 6.07) is 10.7. The van der Waals surface area contributed by atoms with Crippen molar-refractivity contribution in [3.63, 3.8) is 0 Å². The van der Waals surface area contributed by atoms with Crippen LogP contribution in [0.25, 0.3) is 11.1 Å². The molecule has 2 heteroatoms.